The van der Waals surface area contributed by atoms with Gasteiger partial charge in [0.25, 0.3) is 0 Å². The first-order valence-electron chi connectivity index (χ1n) is 7.10. The van der Waals surface area contributed by atoms with Crippen LogP contribution in [0.4, 0.5) is 5.69 Å². The molecule has 2 aromatic rings. The highest BCUT2D eigenvalue weighted by atomic mass is 35.5. The van der Waals surface area contributed by atoms with Crippen molar-refractivity contribution in [2.45, 2.75) is 39.7 Å². The Bertz CT molecular complexity index is 770. The van der Waals surface area contributed by atoms with Gasteiger partial charge in [0.05, 0.1) is 17.2 Å². The summed E-state index contributed by atoms with van der Waals surface area (Å²) in [6, 6.07) is 1.81. The maximum atomic E-state index is 12.4. The van der Waals surface area contributed by atoms with Gasteiger partial charge in [-0.1, -0.05) is 25.4 Å². The third-order valence-electron chi connectivity index (χ3n) is 4.29. The van der Waals surface area contributed by atoms with E-state index in [2.05, 4.69) is 9.97 Å². The van der Waals surface area contributed by atoms with Crippen LogP contribution in [0.25, 0.3) is 10.9 Å². The Hall–Kier alpha value is -1.68. The van der Waals surface area contributed by atoms with Crippen LogP contribution in [-0.2, 0) is 0 Å². The van der Waals surface area contributed by atoms with E-state index in [9.17, 15) is 4.79 Å². The van der Waals surface area contributed by atoms with Crippen molar-refractivity contribution in [3.63, 3.8) is 0 Å². The van der Waals surface area contributed by atoms with E-state index in [0.717, 1.165) is 33.5 Å². The van der Waals surface area contributed by atoms with Crippen molar-refractivity contribution in [3.05, 3.63) is 28.2 Å². The number of carbonyl (C=O) groups is 1. The summed E-state index contributed by atoms with van der Waals surface area (Å²) in [5, 5.41) is 1.22. The summed E-state index contributed by atoms with van der Waals surface area (Å²) >= 11 is 6.36. The average Bonchev–Trinajstić information content (AvgIpc) is 2.63. The van der Waals surface area contributed by atoms with Crippen molar-refractivity contribution in [3.8, 4) is 0 Å². The molecule has 5 heteroatoms. The van der Waals surface area contributed by atoms with E-state index in [1.54, 1.807) is 0 Å². The molecular formula is C16H18ClN3O. The van der Waals surface area contributed by atoms with Gasteiger partial charge in [0.1, 0.15) is 11.0 Å². The monoisotopic (exact) mass is 303 g/mol. The van der Waals surface area contributed by atoms with Crippen LogP contribution in [0.1, 0.15) is 48.4 Å². The van der Waals surface area contributed by atoms with Gasteiger partial charge in [-0.05, 0) is 25.5 Å². The van der Waals surface area contributed by atoms with Crippen LogP contribution in [0.5, 0.6) is 0 Å². The van der Waals surface area contributed by atoms with Gasteiger partial charge in [0.2, 0.25) is 0 Å². The number of benzene rings is 1. The molecule has 1 unspecified atom stereocenters. The van der Waals surface area contributed by atoms with E-state index in [1.165, 1.54) is 0 Å². The first-order chi connectivity index (χ1) is 9.82. The SMILES string of the molecule is Cc1c2c(cc3nc(C(C)C)nc(Cl)c13)N(C)C(C)C2=O. The van der Waals surface area contributed by atoms with E-state index < -0.39 is 0 Å². The number of rotatable bonds is 1. The van der Waals surface area contributed by atoms with Crippen LogP contribution in [0.2, 0.25) is 5.15 Å². The lowest BCUT2D eigenvalue weighted by Gasteiger charge is -2.17. The lowest BCUT2D eigenvalue weighted by Crippen LogP contribution is -2.28. The third kappa shape index (κ3) is 1.93. The number of Topliss-reactive ketones (excluding diaryl/α,β-unsaturated/α-hetero) is 1. The summed E-state index contributed by atoms with van der Waals surface area (Å²) in [5.74, 6) is 1.07. The van der Waals surface area contributed by atoms with Gasteiger partial charge in [0, 0.05) is 23.9 Å². The number of halogens is 1. The molecular weight excluding hydrogens is 286 g/mol. The molecule has 0 radical (unpaired) electrons. The topological polar surface area (TPSA) is 46.1 Å². The van der Waals surface area contributed by atoms with Crippen molar-refractivity contribution >= 4 is 34.0 Å². The van der Waals surface area contributed by atoms with Crippen LogP contribution in [0, 0.1) is 6.92 Å². The molecule has 0 spiro atoms. The molecule has 0 saturated heterocycles. The second-order valence-electron chi connectivity index (χ2n) is 5.97. The molecule has 1 aliphatic rings. The minimum atomic E-state index is -0.146. The van der Waals surface area contributed by atoms with Gasteiger partial charge in [-0.25, -0.2) is 9.97 Å². The van der Waals surface area contributed by atoms with Crippen LogP contribution < -0.4 is 4.90 Å². The molecule has 1 aromatic heterocycles. The van der Waals surface area contributed by atoms with Crippen LogP contribution in [-0.4, -0.2) is 28.8 Å². The average molecular weight is 304 g/mol. The van der Waals surface area contributed by atoms with E-state index in [1.807, 2.05) is 45.7 Å². The molecule has 21 heavy (non-hydrogen) atoms. The molecule has 0 fully saturated rings. The Morgan fingerprint density at radius 3 is 2.62 bits per heavy atom. The zero-order valence-corrected chi connectivity index (χ0v) is 13.6. The Morgan fingerprint density at radius 2 is 2.00 bits per heavy atom. The number of hydrogen-bond acceptors (Lipinski definition) is 4. The summed E-state index contributed by atoms with van der Waals surface area (Å²) in [6.45, 7) is 7.92. The minimum Gasteiger partial charge on any atom is -0.364 e. The Balaban J connectivity index is 2.39. The van der Waals surface area contributed by atoms with Crippen LogP contribution in [0.3, 0.4) is 0 Å². The second-order valence-corrected chi connectivity index (χ2v) is 6.33. The lowest BCUT2D eigenvalue weighted by molar-refractivity contribution is 0.0978. The second kappa shape index (κ2) is 4.67. The smallest absolute Gasteiger partial charge is 0.187 e. The number of nitrogens with zero attached hydrogens (tertiary/aromatic N) is 3. The molecule has 0 N–H and O–H groups in total. The van der Waals surface area contributed by atoms with E-state index in [-0.39, 0.29) is 17.7 Å². The van der Waals surface area contributed by atoms with Gasteiger partial charge >= 0.3 is 0 Å². The van der Waals surface area contributed by atoms with Crippen molar-refractivity contribution in [1.82, 2.24) is 9.97 Å². The molecule has 2 heterocycles. The summed E-state index contributed by atoms with van der Waals surface area (Å²) in [6.07, 6.45) is 0. The van der Waals surface area contributed by atoms with Gasteiger partial charge in [-0.15, -0.1) is 0 Å². The minimum absolute atomic E-state index is 0.135. The zero-order chi connectivity index (χ0) is 15.5. The van der Waals surface area contributed by atoms with Gasteiger partial charge < -0.3 is 4.90 Å². The Kier molecular flexibility index (Phi) is 3.17. The number of aryl methyl sites for hydroxylation is 1. The van der Waals surface area contributed by atoms with Crippen molar-refractivity contribution < 1.29 is 4.79 Å². The molecule has 0 bridgehead atoms. The fraction of sp³-hybridized carbons (Fsp3) is 0.438. The first-order valence-corrected chi connectivity index (χ1v) is 7.48. The van der Waals surface area contributed by atoms with Gasteiger partial charge in [0.15, 0.2) is 5.78 Å². The van der Waals surface area contributed by atoms with E-state index >= 15 is 0 Å². The van der Waals surface area contributed by atoms with Crippen molar-refractivity contribution in [2.75, 3.05) is 11.9 Å². The first kappa shape index (κ1) is 14.3. The maximum absolute atomic E-state index is 12.4. The Labute approximate surface area is 129 Å². The third-order valence-corrected chi connectivity index (χ3v) is 4.57. The zero-order valence-electron chi connectivity index (χ0n) is 12.9. The standard InChI is InChI=1S/C16H18ClN3O/c1-7(2)16-18-10-6-11-13(14(21)9(4)20(11)5)8(3)12(10)15(17)19-16/h6-7,9H,1-5H3. The predicted octanol–water partition coefficient (Wildman–Crippen LogP) is 3.74. The molecule has 1 aromatic carbocycles. The van der Waals surface area contributed by atoms with Crippen LogP contribution in [0.15, 0.2) is 6.07 Å². The highest BCUT2D eigenvalue weighted by Gasteiger charge is 2.34. The number of hydrogen-bond donors (Lipinski definition) is 0. The van der Waals surface area contributed by atoms with Crippen LogP contribution >= 0.6 is 11.6 Å². The van der Waals surface area contributed by atoms with Gasteiger partial charge in [-0.3, -0.25) is 4.79 Å². The molecule has 4 nitrogen and oxygen atoms in total. The highest BCUT2D eigenvalue weighted by molar-refractivity contribution is 6.35. The number of anilines is 1. The number of aromatic nitrogens is 2. The normalized spacial score (nSPS) is 18.0. The van der Waals surface area contributed by atoms with E-state index in [0.29, 0.717) is 5.15 Å². The summed E-state index contributed by atoms with van der Waals surface area (Å²) < 4.78 is 0. The number of likely N-dealkylation sites (N-methyl/N-ethyl adjacent to an activating group) is 1. The number of ketones is 1. The molecule has 1 aliphatic heterocycles. The van der Waals surface area contributed by atoms with E-state index in [4.69, 9.17) is 11.6 Å². The fourth-order valence-corrected chi connectivity index (χ4v) is 3.20. The summed E-state index contributed by atoms with van der Waals surface area (Å²) in [5.41, 5.74) is 3.37. The number of carbonyl (C=O) groups excluding carboxylic acids is 1. The molecule has 1 atom stereocenters. The quantitative estimate of drug-likeness (QED) is 0.753. The van der Waals surface area contributed by atoms with Crippen molar-refractivity contribution in [2.24, 2.45) is 0 Å². The lowest BCUT2D eigenvalue weighted by atomic mass is 9.99. The fourth-order valence-electron chi connectivity index (χ4n) is 2.88. The number of fused-ring (bicyclic) bond motifs is 2. The molecule has 0 aliphatic carbocycles. The maximum Gasteiger partial charge on any atom is 0.187 e. The largest absolute Gasteiger partial charge is 0.364 e. The van der Waals surface area contributed by atoms with Gasteiger partial charge in [-0.2, -0.15) is 0 Å². The Morgan fingerprint density at radius 1 is 1.33 bits per heavy atom. The molecule has 0 amide bonds. The molecule has 110 valence electrons. The van der Waals surface area contributed by atoms with Crippen molar-refractivity contribution in [1.29, 1.82) is 0 Å². The molecule has 3 rings (SSSR count). The summed E-state index contributed by atoms with van der Waals surface area (Å²) in [4.78, 5) is 23.4. The molecule has 0 saturated carbocycles. The summed E-state index contributed by atoms with van der Waals surface area (Å²) in [7, 11) is 1.94. The predicted molar refractivity (Wildman–Crippen MR) is 85.6 cm³/mol. The highest BCUT2D eigenvalue weighted by Crippen LogP contribution is 2.39.